The van der Waals surface area contributed by atoms with Gasteiger partial charge in [0.05, 0.1) is 18.0 Å². The molecule has 5 heteroatoms. The van der Waals surface area contributed by atoms with Gasteiger partial charge in [-0.15, -0.1) is 0 Å². The summed E-state index contributed by atoms with van der Waals surface area (Å²) in [5, 5.41) is 11.5. The highest BCUT2D eigenvalue weighted by molar-refractivity contribution is 5.93. The topological polar surface area (TPSA) is 78.6 Å². The normalized spacial score (nSPS) is 10.6. The van der Waals surface area contributed by atoms with Gasteiger partial charge >= 0.3 is 0 Å². The van der Waals surface area contributed by atoms with E-state index in [9.17, 15) is 4.79 Å². The van der Waals surface area contributed by atoms with Crippen molar-refractivity contribution < 1.29 is 9.90 Å². The Morgan fingerprint density at radius 2 is 2.11 bits per heavy atom. The average molecular weight is 251 g/mol. The Bertz CT molecular complexity index is 382. The van der Waals surface area contributed by atoms with Crippen LogP contribution in [0, 0.1) is 0 Å². The first-order valence-electron chi connectivity index (χ1n) is 6.07. The molecule has 0 unspecified atom stereocenters. The van der Waals surface area contributed by atoms with Gasteiger partial charge in [0.25, 0.3) is 0 Å². The van der Waals surface area contributed by atoms with Gasteiger partial charge in [-0.2, -0.15) is 0 Å². The molecule has 0 radical (unpaired) electrons. The summed E-state index contributed by atoms with van der Waals surface area (Å²) in [5.74, 6) is -0.0368. The van der Waals surface area contributed by atoms with E-state index in [0.717, 1.165) is 13.0 Å². The lowest BCUT2D eigenvalue weighted by atomic mass is 10.2. The summed E-state index contributed by atoms with van der Waals surface area (Å²) in [7, 11) is 1.92. The molecule has 0 aliphatic carbocycles. The second-order valence-electron chi connectivity index (χ2n) is 4.27. The molecule has 0 aliphatic heterocycles. The molecule has 0 spiro atoms. The Balaban J connectivity index is 2.28. The molecule has 1 aromatic rings. The second kappa shape index (κ2) is 7.68. The lowest BCUT2D eigenvalue weighted by Gasteiger charge is -2.14. The minimum Gasteiger partial charge on any atom is -0.397 e. The summed E-state index contributed by atoms with van der Waals surface area (Å²) >= 11 is 0. The minimum absolute atomic E-state index is 0.0368. The van der Waals surface area contributed by atoms with Crippen molar-refractivity contribution in [3.8, 4) is 0 Å². The fourth-order valence-corrected chi connectivity index (χ4v) is 1.62. The lowest BCUT2D eigenvalue weighted by Crippen LogP contribution is -2.24. The summed E-state index contributed by atoms with van der Waals surface area (Å²) < 4.78 is 0. The monoisotopic (exact) mass is 251 g/mol. The summed E-state index contributed by atoms with van der Waals surface area (Å²) in [6, 6.07) is 7.20. The number of likely N-dealkylation sites (N-methyl/N-ethyl adjacent to an activating group) is 1. The van der Waals surface area contributed by atoms with E-state index in [1.165, 1.54) is 0 Å². The molecule has 0 fully saturated rings. The first kappa shape index (κ1) is 14.5. The van der Waals surface area contributed by atoms with E-state index in [1.54, 1.807) is 12.1 Å². The summed E-state index contributed by atoms with van der Waals surface area (Å²) in [5.41, 5.74) is 6.97. The third-order valence-corrected chi connectivity index (χ3v) is 2.66. The SMILES string of the molecule is CN(CCO)CCCC(=O)Nc1ccccc1N. The molecule has 0 aliphatic rings. The molecule has 0 bridgehead atoms. The molecule has 0 saturated carbocycles. The van der Waals surface area contributed by atoms with Gasteiger partial charge < -0.3 is 21.1 Å². The van der Waals surface area contributed by atoms with Gasteiger partial charge in [0.2, 0.25) is 5.91 Å². The van der Waals surface area contributed by atoms with E-state index in [0.29, 0.717) is 24.3 Å². The van der Waals surface area contributed by atoms with Crippen molar-refractivity contribution in [1.29, 1.82) is 0 Å². The molecule has 1 amide bonds. The van der Waals surface area contributed by atoms with Crippen LogP contribution in [0.5, 0.6) is 0 Å². The predicted octanol–water partition coefficient (Wildman–Crippen LogP) is 0.912. The summed E-state index contributed by atoms with van der Waals surface area (Å²) in [6.45, 7) is 1.56. The van der Waals surface area contributed by atoms with Gasteiger partial charge in [-0.05, 0) is 32.1 Å². The number of aliphatic hydroxyl groups excluding tert-OH is 1. The van der Waals surface area contributed by atoms with E-state index in [1.807, 2.05) is 24.1 Å². The quantitative estimate of drug-likeness (QED) is 0.629. The zero-order valence-electron chi connectivity index (χ0n) is 10.7. The van der Waals surface area contributed by atoms with Crippen molar-refractivity contribution in [1.82, 2.24) is 4.90 Å². The number of nitrogens with zero attached hydrogens (tertiary/aromatic N) is 1. The Kier molecular flexibility index (Phi) is 6.18. The molecule has 5 nitrogen and oxygen atoms in total. The highest BCUT2D eigenvalue weighted by atomic mass is 16.3. The smallest absolute Gasteiger partial charge is 0.224 e. The number of hydrogen-bond donors (Lipinski definition) is 3. The van der Waals surface area contributed by atoms with Crippen molar-refractivity contribution in [3.05, 3.63) is 24.3 Å². The van der Waals surface area contributed by atoms with Crippen LogP contribution in [0.2, 0.25) is 0 Å². The third kappa shape index (κ3) is 5.16. The molecular formula is C13H21N3O2. The number of carbonyl (C=O) groups excluding carboxylic acids is 1. The first-order chi connectivity index (χ1) is 8.63. The number of nitrogens with two attached hydrogens (primary N) is 1. The highest BCUT2D eigenvalue weighted by Gasteiger charge is 2.05. The van der Waals surface area contributed by atoms with Crippen LogP contribution < -0.4 is 11.1 Å². The number of aliphatic hydroxyl groups is 1. The number of carbonyl (C=O) groups is 1. The first-order valence-corrected chi connectivity index (χ1v) is 6.07. The number of nitrogens with one attached hydrogen (secondary N) is 1. The molecule has 0 aromatic heterocycles. The Labute approximate surface area is 108 Å². The van der Waals surface area contributed by atoms with Crippen molar-refractivity contribution >= 4 is 17.3 Å². The molecule has 0 saturated heterocycles. The lowest BCUT2D eigenvalue weighted by molar-refractivity contribution is -0.116. The van der Waals surface area contributed by atoms with Crippen LogP contribution in [0.1, 0.15) is 12.8 Å². The van der Waals surface area contributed by atoms with Gasteiger partial charge in [-0.25, -0.2) is 0 Å². The van der Waals surface area contributed by atoms with Crippen LogP contribution in [0.15, 0.2) is 24.3 Å². The van der Waals surface area contributed by atoms with Crippen LogP contribution in [0.3, 0.4) is 0 Å². The standard InChI is InChI=1S/C13H21N3O2/c1-16(9-10-17)8-4-7-13(18)15-12-6-3-2-5-11(12)14/h2-3,5-6,17H,4,7-10,14H2,1H3,(H,15,18). The molecule has 1 rings (SSSR count). The van der Waals surface area contributed by atoms with Gasteiger partial charge in [-0.1, -0.05) is 12.1 Å². The van der Waals surface area contributed by atoms with Crippen LogP contribution in [-0.2, 0) is 4.79 Å². The van der Waals surface area contributed by atoms with Crippen molar-refractivity contribution in [3.63, 3.8) is 0 Å². The van der Waals surface area contributed by atoms with Gasteiger partial charge in [0, 0.05) is 13.0 Å². The van der Waals surface area contributed by atoms with E-state index in [4.69, 9.17) is 10.8 Å². The minimum atomic E-state index is -0.0368. The summed E-state index contributed by atoms with van der Waals surface area (Å²) in [6.07, 6.45) is 1.21. The molecule has 18 heavy (non-hydrogen) atoms. The highest BCUT2D eigenvalue weighted by Crippen LogP contribution is 2.16. The average Bonchev–Trinajstić information content (AvgIpc) is 2.32. The van der Waals surface area contributed by atoms with E-state index >= 15 is 0 Å². The molecule has 4 N–H and O–H groups in total. The maximum Gasteiger partial charge on any atom is 0.224 e. The zero-order chi connectivity index (χ0) is 13.4. The predicted molar refractivity (Wildman–Crippen MR) is 73.3 cm³/mol. The van der Waals surface area contributed by atoms with Crippen LogP contribution in [0.25, 0.3) is 0 Å². The van der Waals surface area contributed by atoms with E-state index in [-0.39, 0.29) is 12.5 Å². The number of amides is 1. The molecule has 0 heterocycles. The largest absolute Gasteiger partial charge is 0.397 e. The Morgan fingerprint density at radius 3 is 2.78 bits per heavy atom. The third-order valence-electron chi connectivity index (χ3n) is 2.66. The zero-order valence-corrected chi connectivity index (χ0v) is 10.7. The number of anilines is 2. The van der Waals surface area contributed by atoms with Crippen molar-refractivity contribution in [2.24, 2.45) is 0 Å². The molecule has 0 atom stereocenters. The fourth-order valence-electron chi connectivity index (χ4n) is 1.62. The van der Waals surface area contributed by atoms with Crippen LogP contribution in [-0.4, -0.2) is 42.7 Å². The van der Waals surface area contributed by atoms with Crippen LogP contribution >= 0.6 is 0 Å². The van der Waals surface area contributed by atoms with Gasteiger partial charge in [0.1, 0.15) is 0 Å². The number of para-hydroxylation sites is 2. The Morgan fingerprint density at radius 1 is 1.39 bits per heavy atom. The number of rotatable bonds is 7. The molecular weight excluding hydrogens is 230 g/mol. The Hall–Kier alpha value is -1.59. The van der Waals surface area contributed by atoms with Gasteiger partial charge in [0.15, 0.2) is 0 Å². The molecule has 1 aromatic carbocycles. The number of hydrogen-bond acceptors (Lipinski definition) is 4. The fraction of sp³-hybridized carbons (Fsp3) is 0.462. The van der Waals surface area contributed by atoms with Crippen molar-refractivity contribution in [2.45, 2.75) is 12.8 Å². The van der Waals surface area contributed by atoms with E-state index in [2.05, 4.69) is 5.32 Å². The summed E-state index contributed by atoms with van der Waals surface area (Å²) in [4.78, 5) is 13.7. The maximum absolute atomic E-state index is 11.7. The second-order valence-corrected chi connectivity index (χ2v) is 4.27. The number of benzene rings is 1. The van der Waals surface area contributed by atoms with Gasteiger partial charge in [-0.3, -0.25) is 4.79 Å². The van der Waals surface area contributed by atoms with E-state index < -0.39 is 0 Å². The molecule has 100 valence electrons. The van der Waals surface area contributed by atoms with Crippen LogP contribution in [0.4, 0.5) is 11.4 Å². The maximum atomic E-state index is 11.7. The van der Waals surface area contributed by atoms with Crippen molar-refractivity contribution in [2.75, 3.05) is 37.8 Å². The number of nitrogen functional groups attached to an aromatic ring is 1.